The Hall–Kier alpha value is -1.79. The van der Waals surface area contributed by atoms with Gasteiger partial charge in [-0.25, -0.2) is 4.98 Å². The number of alkyl halides is 3. The predicted octanol–water partition coefficient (Wildman–Crippen LogP) is 1.16. The summed E-state index contributed by atoms with van der Waals surface area (Å²) in [7, 11) is 0. The van der Waals surface area contributed by atoms with Crippen molar-refractivity contribution < 1.29 is 18.0 Å². The van der Waals surface area contributed by atoms with Gasteiger partial charge in [-0.15, -0.1) is 0 Å². The number of nitrogen functional groups attached to an aromatic ring is 1. The summed E-state index contributed by atoms with van der Waals surface area (Å²) in [6.45, 7) is 0. The van der Waals surface area contributed by atoms with Crippen molar-refractivity contribution in [2.24, 2.45) is 0 Å². The molecule has 4 nitrogen and oxygen atoms in total. The molecule has 0 aliphatic heterocycles. The molecule has 0 aliphatic rings. The van der Waals surface area contributed by atoms with E-state index in [0.717, 1.165) is 0 Å². The van der Waals surface area contributed by atoms with E-state index in [9.17, 15) is 18.0 Å². The van der Waals surface area contributed by atoms with Crippen LogP contribution in [0.25, 0.3) is 0 Å². The predicted molar refractivity (Wildman–Crippen MR) is 43.3 cm³/mol. The van der Waals surface area contributed by atoms with Gasteiger partial charge in [0.25, 0.3) is 0 Å². The quantitative estimate of drug-likeness (QED) is 0.722. The van der Waals surface area contributed by atoms with Gasteiger partial charge in [-0.05, 0) is 12.1 Å². The second-order valence-electron chi connectivity index (χ2n) is 2.39. The van der Waals surface area contributed by atoms with Gasteiger partial charge in [-0.3, -0.25) is 4.79 Å². The molecule has 1 rings (SSSR count). The van der Waals surface area contributed by atoms with Gasteiger partial charge < -0.3 is 11.1 Å². The molecule has 0 bridgehead atoms. The number of carbonyl (C=O) groups excluding carboxylic acids is 1. The highest BCUT2D eigenvalue weighted by molar-refractivity contribution is 5.96. The number of hydrogen-bond acceptors (Lipinski definition) is 3. The van der Waals surface area contributed by atoms with Crippen LogP contribution in [0.4, 0.5) is 24.7 Å². The summed E-state index contributed by atoms with van der Waals surface area (Å²) >= 11 is 0. The summed E-state index contributed by atoms with van der Waals surface area (Å²) in [4.78, 5) is 13.9. The second-order valence-corrected chi connectivity index (χ2v) is 2.39. The van der Waals surface area contributed by atoms with Crippen LogP contribution in [0, 0.1) is 0 Å². The maximum absolute atomic E-state index is 11.8. The van der Waals surface area contributed by atoms with E-state index in [-0.39, 0.29) is 11.5 Å². The topological polar surface area (TPSA) is 68.0 Å². The van der Waals surface area contributed by atoms with Crippen LogP contribution in [0.3, 0.4) is 0 Å². The fraction of sp³-hybridized carbons (Fsp3) is 0.143. The third-order valence-corrected chi connectivity index (χ3v) is 1.33. The molecule has 3 N–H and O–H groups in total. The van der Waals surface area contributed by atoms with Crippen molar-refractivity contribution >= 4 is 17.4 Å². The van der Waals surface area contributed by atoms with E-state index in [2.05, 4.69) is 4.98 Å². The monoisotopic (exact) mass is 205 g/mol. The molecule has 0 unspecified atom stereocenters. The number of carbonyl (C=O) groups is 1. The molecule has 0 aromatic carbocycles. The fourth-order valence-electron chi connectivity index (χ4n) is 0.701. The number of rotatable bonds is 1. The molecule has 0 fully saturated rings. The normalized spacial score (nSPS) is 11.1. The summed E-state index contributed by atoms with van der Waals surface area (Å²) in [6.07, 6.45) is -3.72. The molecule has 0 aliphatic carbocycles. The average molecular weight is 205 g/mol. The highest BCUT2D eigenvalue weighted by Crippen LogP contribution is 2.19. The Labute approximate surface area is 76.9 Å². The molecule has 0 saturated carbocycles. The van der Waals surface area contributed by atoms with Gasteiger partial charge in [0.2, 0.25) is 0 Å². The van der Waals surface area contributed by atoms with Crippen LogP contribution in [0.1, 0.15) is 0 Å². The van der Waals surface area contributed by atoms with Crippen molar-refractivity contribution in [2.45, 2.75) is 6.18 Å². The lowest BCUT2D eigenvalue weighted by Gasteiger charge is -2.08. The third kappa shape index (κ3) is 2.35. The Kier molecular flexibility index (Phi) is 2.59. The number of anilines is 2. The third-order valence-electron chi connectivity index (χ3n) is 1.33. The average Bonchev–Trinajstić information content (AvgIpc) is 2.07. The maximum atomic E-state index is 11.8. The van der Waals surface area contributed by atoms with Crippen LogP contribution in [0.15, 0.2) is 18.3 Å². The standard InChI is InChI=1S/C7H6F3N3O/c8-7(9,10)6(14)13-5-4(11)2-1-3-12-5/h1-3H,11H2,(H,12,13,14). The van der Waals surface area contributed by atoms with Crippen molar-refractivity contribution in [1.29, 1.82) is 0 Å². The van der Waals surface area contributed by atoms with Crippen molar-refractivity contribution in [3.63, 3.8) is 0 Å². The lowest BCUT2D eigenvalue weighted by Crippen LogP contribution is -2.30. The van der Waals surface area contributed by atoms with E-state index in [1.165, 1.54) is 18.3 Å². The van der Waals surface area contributed by atoms with Crippen LogP contribution in [0.5, 0.6) is 0 Å². The molecule has 0 spiro atoms. The minimum absolute atomic E-state index is 0.0231. The molecule has 76 valence electrons. The first-order valence-electron chi connectivity index (χ1n) is 3.50. The van der Waals surface area contributed by atoms with Gasteiger partial charge in [0.05, 0.1) is 5.69 Å². The Balaban J connectivity index is 2.80. The zero-order chi connectivity index (χ0) is 10.8. The van der Waals surface area contributed by atoms with E-state index < -0.39 is 12.1 Å². The van der Waals surface area contributed by atoms with E-state index in [1.807, 2.05) is 0 Å². The molecule has 1 aromatic rings. The first kappa shape index (κ1) is 10.3. The lowest BCUT2D eigenvalue weighted by molar-refractivity contribution is -0.167. The number of halogens is 3. The van der Waals surface area contributed by atoms with E-state index in [4.69, 9.17) is 5.73 Å². The zero-order valence-electron chi connectivity index (χ0n) is 6.80. The first-order valence-corrected chi connectivity index (χ1v) is 3.50. The zero-order valence-corrected chi connectivity index (χ0v) is 6.80. The van der Waals surface area contributed by atoms with Crippen molar-refractivity contribution in [3.05, 3.63) is 18.3 Å². The molecule has 1 amide bonds. The Morgan fingerprint density at radius 3 is 2.64 bits per heavy atom. The van der Waals surface area contributed by atoms with Gasteiger partial charge in [0, 0.05) is 6.20 Å². The van der Waals surface area contributed by atoms with Gasteiger partial charge >= 0.3 is 12.1 Å². The number of nitrogens with two attached hydrogens (primary N) is 1. The van der Waals surface area contributed by atoms with Crippen LogP contribution in [-0.4, -0.2) is 17.1 Å². The Morgan fingerprint density at radius 1 is 1.50 bits per heavy atom. The highest BCUT2D eigenvalue weighted by Gasteiger charge is 2.39. The van der Waals surface area contributed by atoms with E-state index in [1.54, 1.807) is 5.32 Å². The summed E-state index contributed by atoms with van der Waals surface area (Å²) in [6, 6.07) is 2.78. The summed E-state index contributed by atoms with van der Waals surface area (Å²) < 4.78 is 35.4. The fourth-order valence-corrected chi connectivity index (χ4v) is 0.701. The van der Waals surface area contributed by atoms with Crippen molar-refractivity contribution in [2.75, 3.05) is 11.1 Å². The Bertz CT molecular complexity index is 350. The molecule has 1 heterocycles. The molecule has 14 heavy (non-hydrogen) atoms. The summed E-state index contributed by atoms with van der Waals surface area (Å²) in [5.74, 6) is -2.39. The van der Waals surface area contributed by atoms with Crippen LogP contribution in [0.2, 0.25) is 0 Å². The SMILES string of the molecule is Nc1cccnc1NC(=O)C(F)(F)F. The van der Waals surface area contributed by atoms with Gasteiger partial charge in [-0.2, -0.15) is 13.2 Å². The smallest absolute Gasteiger partial charge is 0.396 e. The second kappa shape index (κ2) is 3.52. The van der Waals surface area contributed by atoms with E-state index in [0.29, 0.717) is 0 Å². The van der Waals surface area contributed by atoms with E-state index >= 15 is 0 Å². The number of pyridine rings is 1. The number of nitrogens with zero attached hydrogens (tertiary/aromatic N) is 1. The van der Waals surface area contributed by atoms with Gasteiger partial charge in [0.1, 0.15) is 0 Å². The maximum Gasteiger partial charge on any atom is 0.471 e. The summed E-state index contributed by atoms with van der Waals surface area (Å²) in [5, 5.41) is 1.55. The van der Waals surface area contributed by atoms with Crippen LogP contribution in [-0.2, 0) is 4.79 Å². The van der Waals surface area contributed by atoms with Crippen molar-refractivity contribution in [3.8, 4) is 0 Å². The molecular formula is C7H6F3N3O. The minimum Gasteiger partial charge on any atom is -0.396 e. The molecule has 7 heteroatoms. The number of nitrogens with one attached hydrogen (secondary N) is 1. The van der Waals surface area contributed by atoms with Crippen LogP contribution >= 0.6 is 0 Å². The van der Waals surface area contributed by atoms with Gasteiger partial charge in [0.15, 0.2) is 5.82 Å². The molecule has 0 atom stereocenters. The molecule has 1 aromatic heterocycles. The van der Waals surface area contributed by atoms with Gasteiger partial charge in [-0.1, -0.05) is 0 Å². The highest BCUT2D eigenvalue weighted by atomic mass is 19.4. The number of hydrogen-bond donors (Lipinski definition) is 2. The number of amides is 1. The minimum atomic E-state index is -4.94. The Morgan fingerprint density at radius 2 is 2.14 bits per heavy atom. The van der Waals surface area contributed by atoms with Crippen LogP contribution < -0.4 is 11.1 Å². The molecule has 0 radical (unpaired) electrons. The molecule has 0 saturated heterocycles. The largest absolute Gasteiger partial charge is 0.471 e. The lowest BCUT2D eigenvalue weighted by atomic mass is 10.4. The molecular weight excluding hydrogens is 199 g/mol. The summed E-state index contributed by atoms with van der Waals surface area (Å²) in [5.41, 5.74) is 5.24. The first-order chi connectivity index (χ1) is 6.41. The van der Waals surface area contributed by atoms with Crippen molar-refractivity contribution in [1.82, 2.24) is 4.98 Å². The number of aromatic nitrogens is 1.